The number of para-hydroxylation sites is 1. The highest BCUT2D eigenvalue weighted by Gasteiger charge is 2.31. The Hall–Kier alpha value is -3.11. The van der Waals surface area contributed by atoms with Crippen LogP contribution in [-0.4, -0.2) is 30.9 Å². The molecule has 2 aromatic carbocycles. The third-order valence-corrected chi connectivity index (χ3v) is 7.01. The van der Waals surface area contributed by atoms with Crippen molar-refractivity contribution in [3.63, 3.8) is 0 Å². The zero-order chi connectivity index (χ0) is 21.9. The number of aromatic nitrogens is 5. The highest BCUT2D eigenvalue weighted by atomic mass is 32.2. The van der Waals surface area contributed by atoms with Crippen molar-refractivity contribution in [1.82, 2.24) is 30.3 Å². The third kappa shape index (κ3) is 4.71. The van der Waals surface area contributed by atoms with Gasteiger partial charge in [0, 0.05) is 18.2 Å². The van der Waals surface area contributed by atoms with Gasteiger partial charge < -0.3 is 5.32 Å². The summed E-state index contributed by atoms with van der Waals surface area (Å²) in [7, 11) is 0. The van der Waals surface area contributed by atoms with E-state index in [0.717, 1.165) is 40.1 Å². The van der Waals surface area contributed by atoms with Gasteiger partial charge in [0.2, 0.25) is 5.01 Å². The normalized spacial score (nSPS) is 13.3. The summed E-state index contributed by atoms with van der Waals surface area (Å²) in [6, 6.07) is 16.1. The second kappa shape index (κ2) is 9.17. The van der Waals surface area contributed by atoms with Crippen molar-refractivity contribution in [3.8, 4) is 5.69 Å². The molecule has 32 heavy (non-hydrogen) atoms. The number of hydrogen-bond acceptors (Lipinski definition) is 7. The van der Waals surface area contributed by atoms with Gasteiger partial charge in [0.1, 0.15) is 16.6 Å². The van der Waals surface area contributed by atoms with E-state index in [4.69, 9.17) is 0 Å². The lowest BCUT2D eigenvalue weighted by atomic mass is 10.2. The summed E-state index contributed by atoms with van der Waals surface area (Å²) in [5, 5.41) is 21.6. The lowest BCUT2D eigenvalue weighted by Gasteiger charge is -2.09. The van der Waals surface area contributed by atoms with Crippen LogP contribution in [0.25, 0.3) is 5.69 Å². The van der Waals surface area contributed by atoms with Gasteiger partial charge in [-0.25, -0.2) is 4.39 Å². The van der Waals surface area contributed by atoms with Gasteiger partial charge in [-0.15, -0.1) is 20.4 Å². The average Bonchev–Trinajstić information content (AvgIpc) is 3.40. The fraction of sp³-hybridized carbons (Fsp3) is 0.227. The summed E-state index contributed by atoms with van der Waals surface area (Å²) in [5.41, 5.74) is 1.85. The van der Waals surface area contributed by atoms with Crippen LogP contribution in [0.3, 0.4) is 0 Å². The molecule has 0 bridgehead atoms. The lowest BCUT2D eigenvalue weighted by Crippen LogP contribution is -2.22. The van der Waals surface area contributed by atoms with E-state index < -0.39 is 0 Å². The van der Waals surface area contributed by atoms with Crippen molar-refractivity contribution in [2.45, 2.75) is 36.2 Å². The maximum Gasteiger partial charge on any atom is 0.282 e. The molecule has 0 radical (unpaired) electrons. The van der Waals surface area contributed by atoms with E-state index in [1.54, 1.807) is 12.1 Å². The molecule has 1 fully saturated rings. The molecule has 4 aromatic rings. The molecule has 5 rings (SSSR count). The zero-order valence-corrected chi connectivity index (χ0v) is 18.6. The minimum Gasteiger partial charge on any atom is -0.346 e. The van der Waals surface area contributed by atoms with Crippen LogP contribution >= 0.6 is 23.1 Å². The molecule has 2 heterocycles. The van der Waals surface area contributed by atoms with Crippen molar-refractivity contribution < 1.29 is 9.18 Å². The number of carbonyl (C=O) groups is 1. The minimum absolute atomic E-state index is 0.297. The SMILES string of the molecule is O=C(NCc1ccc(F)cc1)c1nnc(CSc2nnc(C3CC3)n2-c2ccccc2)s1. The summed E-state index contributed by atoms with van der Waals surface area (Å²) in [5.74, 6) is 1.40. The number of nitrogens with one attached hydrogen (secondary N) is 1. The predicted octanol–water partition coefficient (Wildman–Crippen LogP) is 4.36. The van der Waals surface area contributed by atoms with E-state index in [-0.39, 0.29) is 11.7 Å². The number of hydrogen-bond donors (Lipinski definition) is 1. The Bertz CT molecular complexity index is 1220. The Morgan fingerprint density at radius 2 is 1.84 bits per heavy atom. The van der Waals surface area contributed by atoms with Crippen molar-refractivity contribution in [3.05, 3.63) is 81.8 Å². The number of benzene rings is 2. The first-order valence-corrected chi connectivity index (χ1v) is 12.0. The van der Waals surface area contributed by atoms with Crippen LogP contribution in [0.15, 0.2) is 59.8 Å². The van der Waals surface area contributed by atoms with Gasteiger partial charge in [-0.3, -0.25) is 9.36 Å². The highest BCUT2D eigenvalue weighted by Crippen LogP contribution is 2.41. The van der Waals surface area contributed by atoms with Gasteiger partial charge in [-0.1, -0.05) is 53.4 Å². The van der Waals surface area contributed by atoms with E-state index in [1.165, 1.54) is 35.2 Å². The van der Waals surface area contributed by atoms with Crippen LogP contribution in [0.2, 0.25) is 0 Å². The Balaban J connectivity index is 1.24. The summed E-state index contributed by atoms with van der Waals surface area (Å²) < 4.78 is 15.1. The number of thioether (sulfide) groups is 1. The molecule has 0 saturated heterocycles. The first-order chi connectivity index (χ1) is 15.7. The number of amides is 1. The smallest absolute Gasteiger partial charge is 0.282 e. The van der Waals surface area contributed by atoms with Crippen LogP contribution in [0.5, 0.6) is 0 Å². The van der Waals surface area contributed by atoms with Crippen LogP contribution in [0, 0.1) is 5.82 Å². The van der Waals surface area contributed by atoms with Gasteiger partial charge in [-0.2, -0.15) is 0 Å². The summed E-state index contributed by atoms with van der Waals surface area (Å²) in [6.07, 6.45) is 2.28. The van der Waals surface area contributed by atoms with Crippen LogP contribution in [0.4, 0.5) is 4.39 Å². The fourth-order valence-electron chi connectivity index (χ4n) is 3.19. The number of carbonyl (C=O) groups excluding carboxylic acids is 1. The van der Waals surface area contributed by atoms with Crippen LogP contribution in [0.1, 0.15) is 45.0 Å². The molecule has 0 aliphatic heterocycles. The largest absolute Gasteiger partial charge is 0.346 e. The van der Waals surface area contributed by atoms with E-state index in [1.807, 2.05) is 30.3 Å². The first-order valence-electron chi connectivity index (χ1n) is 10.2. The summed E-state index contributed by atoms with van der Waals surface area (Å²) in [4.78, 5) is 12.4. The molecule has 1 saturated carbocycles. The van der Waals surface area contributed by atoms with Gasteiger partial charge in [0.05, 0.1) is 5.75 Å². The van der Waals surface area contributed by atoms with E-state index >= 15 is 0 Å². The maximum atomic E-state index is 13.0. The molecule has 2 aromatic heterocycles. The second-order valence-electron chi connectivity index (χ2n) is 7.38. The minimum atomic E-state index is -0.307. The molecular formula is C22H19FN6OS2. The molecule has 1 aliphatic carbocycles. The quantitative estimate of drug-likeness (QED) is 0.389. The molecule has 1 aliphatic rings. The Labute approximate surface area is 192 Å². The van der Waals surface area contributed by atoms with Crippen molar-refractivity contribution in [2.75, 3.05) is 0 Å². The molecule has 162 valence electrons. The average molecular weight is 467 g/mol. The molecule has 10 heteroatoms. The van der Waals surface area contributed by atoms with Crippen LogP contribution in [-0.2, 0) is 12.3 Å². The number of rotatable bonds is 8. The molecule has 1 N–H and O–H groups in total. The van der Waals surface area contributed by atoms with Gasteiger partial charge in [0.15, 0.2) is 5.16 Å². The highest BCUT2D eigenvalue weighted by molar-refractivity contribution is 7.98. The lowest BCUT2D eigenvalue weighted by molar-refractivity contribution is 0.0950. The molecule has 0 spiro atoms. The Morgan fingerprint density at radius 1 is 1.06 bits per heavy atom. The van der Waals surface area contributed by atoms with E-state index in [0.29, 0.717) is 23.2 Å². The van der Waals surface area contributed by atoms with Gasteiger partial charge in [-0.05, 0) is 42.7 Å². The third-order valence-electron chi connectivity index (χ3n) is 4.97. The maximum absolute atomic E-state index is 13.0. The van der Waals surface area contributed by atoms with Crippen molar-refractivity contribution in [2.24, 2.45) is 0 Å². The molecule has 0 unspecified atom stereocenters. The first kappa shape index (κ1) is 20.8. The monoisotopic (exact) mass is 466 g/mol. The Kier molecular flexibility index (Phi) is 5.95. The van der Waals surface area contributed by atoms with Crippen LogP contribution < -0.4 is 5.32 Å². The number of nitrogens with zero attached hydrogens (tertiary/aromatic N) is 5. The topological polar surface area (TPSA) is 85.6 Å². The van der Waals surface area contributed by atoms with Gasteiger partial charge in [0.25, 0.3) is 5.91 Å². The standard InChI is InChI=1S/C22H19FN6OS2/c23-16-10-6-14(7-11-16)12-24-20(30)21-27-25-18(32-21)13-31-22-28-26-19(15-8-9-15)29(22)17-4-2-1-3-5-17/h1-7,10-11,15H,8-9,12-13H2,(H,24,30). The summed E-state index contributed by atoms with van der Waals surface area (Å²) >= 11 is 2.78. The number of halogens is 1. The van der Waals surface area contributed by atoms with E-state index in [9.17, 15) is 9.18 Å². The zero-order valence-electron chi connectivity index (χ0n) is 16.9. The molecule has 0 atom stereocenters. The van der Waals surface area contributed by atoms with Gasteiger partial charge >= 0.3 is 0 Å². The molecule has 7 nitrogen and oxygen atoms in total. The predicted molar refractivity (Wildman–Crippen MR) is 120 cm³/mol. The van der Waals surface area contributed by atoms with E-state index in [2.05, 4.69) is 30.3 Å². The van der Waals surface area contributed by atoms with Crippen molar-refractivity contribution >= 4 is 29.0 Å². The molecule has 1 amide bonds. The molecular weight excluding hydrogens is 447 g/mol. The second-order valence-corrected chi connectivity index (χ2v) is 9.39. The fourth-order valence-corrected chi connectivity index (χ4v) is 4.89. The Morgan fingerprint density at radius 3 is 2.59 bits per heavy atom. The van der Waals surface area contributed by atoms with Crippen molar-refractivity contribution in [1.29, 1.82) is 0 Å². The summed E-state index contributed by atoms with van der Waals surface area (Å²) in [6.45, 7) is 0.299.